The molecule has 0 atom stereocenters. The Morgan fingerprint density at radius 2 is 1.85 bits per heavy atom. The van der Waals surface area contributed by atoms with Gasteiger partial charge in [-0.3, -0.25) is 4.79 Å². The maximum Gasteiger partial charge on any atom is 0.257 e. The van der Waals surface area contributed by atoms with Gasteiger partial charge in [0.1, 0.15) is 5.82 Å². The predicted molar refractivity (Wildman–Crippen MR) is 95.1 cm³/mol. The molecule has 0 bridgehead atoms. The molecule has 1 N–H and O–H groups in total. The third kappa shape index (κ3) is 3.77. The van der Waals surface area contributed by atoms with Crippen molar-refractivity contribution in [3.63, 3.8) is 0 Å². The summed E-state index contributed by atoms with van der Waals surface area (Å²) in [5, 5.41) is 2.46. The predicted octanol–water partition coefficient (Wildman–Crippen LogP) is 2.41. The SMILES string of the molecule is Cc1ccc(F)c(NC(=O)c2ccccc2S(=O)(=O)N2CCOCC2)c1. The van der Waals surface area contributed by atoms with Crippen molar-refractivity contribution in [2.75, 3.05) is 31.6 Å². The number of aryl methyl sites for hydroxylation is 1. The Hall–Kier alpha value is -2.29. The number of rotatable bonds is 4. The molecule has 1 amide bonds. The third-order valence-corrected chi connectivity index (χ3v) is 6.05. The Bertz CT molecular complexity index is 925. The van der Waals surface area contributed by atoms with E-state index in [1.807, 2.05) is 0 Å². The van der Waals surface area contributed by atoms with E-state index < -0.39 is 21.7 Å². The normalized spacial score (nSPS) is 15.6. The van der Waals surface area contributed by atoms with Crippen LogP contribution in [0.25, 0.3) is 0 Å². The molecule has 0 radical (unpaired) electrons. The van der Waals surface area contributed by atoms with Crippen molar-refractivity contribution in [3.05, 3.63) is 59.4 Å². The molecular formula is C18H19FN2O4S. The van der Waals surface area contributed by atoms with E-state index in [1.165, 1.54) is 28.6 Å². The second-order valence-electron chi connectivity index (χ2n) is 5.95. The number of nitrogens with one attached hydrogen (secondary N) is 1. The fraction of sp³-hybridized carbons (Fsp3) is 0.278. The first kappa shape index (κ1) is 18.5. The lowest BCUT2D eigenvalue weighted by Gasteiger charge is -2.26. The van der Waals surface area contributed by atoms with Crippen LogP contribution in [0.4, 0.5) is 10.1 Å². The van der Waals surface area contributed by atoms with Crippen LogP contribution in [0.15, 0.2) is 47.4 Å². The van der Waals surface area contributed by atoms with Crippen LogP contribution in [-0.4, -0.2) is 44.9 Å². The van der Waals surface area contributed by atoms with Gasteiger partial charge in [-0.05, 0) is 36.8 Å². The summed E-state index contributed by atoms with van der Waals surface area (Å²) < 4.78 is 46.2. The molecule has 8 heteroatoms. The van der Waals surface area contributed by atoms with E-state index in [0.29, 0.717) is 13.2 Å². The molecule has 26 heavy (non-hydrogen) atoms. The maximum absolute atomic E-state index is 13.9. The van der Waals surface area contributed by atoms with Crippen molar-refractivity contribution in [1.29, 1.82) is 0 Å². The number of carbonyl (C=O) groups is 1. The third-order valence-electron chi connectivity index (χ3n) is 4.09. The van der Waals surface area contributed by atoms with Crippen LogP contribution in [0.2, 0.25) is 0 Å². The zero-order valence-corrected chi connectivity index (χ0v) is 15.1. The molecule has 2 aromatic carbocycles. The lowest BCUT2D eigenvalue weighted by molar-refractivity contribution is 0.0730. The van der Waals surface area contributed by atoms with Gasteiger partial charge in [0, 0.05) is 13.1 Å². The van der Waals surface area contributed by atoms with Crippen LogP contribution < -0.4 is 5.32 Å². The van der Waals surface area contributed by atoms with Crippen molar-refractivity contribution < 1.29 is 22.3 Å². The molecule has 1 aliphatic rings. The molecule has 0 spiro atoms. The lowest BCUT2D eigenvalue weighted by Crippen LogP contribution is -2.41. The number of morpholine rings is 1. The van der Waals surface area contributed by atoms with E-state index >= 15 is 0 Å². The highest BCUT2D eigenvalue weighted by Crippen LogP contribution is 2.23. The smallest absolute Gasteiger partial charge is 0.257 e. The number of halogens is 1. The van der Waals surface area contributed by atoms with Crippen molar-refractivity contribution >= 4 is 21.6 Å². The highest BCUT2D eigenvalue weighted by Gasteiger charge is 2.30. The Balaban J connectivity index is 1.94. The van der Waals surface area contributed by atoms with Gasteiger partial charge in [-0.1, -0.05) is 18.2 Å². The van der Waals surface area contributed by atoms with Crippen molar-refractivity contribution in [2.24, 2.45) is 0 Å². The van der Waals surface area contributed by atoms with Crippen LogP contribution in [0.3, 0.4) is 0 Å². The Kier molecular flexibility index (Phi) is 5.36. The molecule has 0 unspecified atom stereocenters. The quantitative estimate of drug-likeness (QED) is 0.887. The van der Waals surface area contributed by atoms with E-state index in [4.69, 9.17) is 4.74 Å². The number of ether oxygens (including phenoxy) is 1. The highest BCUT2D eigenvalue weighted by molar-refractivity contribution is 7.89. The Morgan fingerprint density at radius 1 is 1.15 bits per heavy atom. The summed E-state index contributed by atoms with van der Waals surface area (Å²) in [6, 6.07) is 10.2. The minimum absolute atomic E-state index is 0.00794. The average molecular weight is 378 g/mol. The van der Waals surface area contributed by atoms with Gasteiger partial charge in [0.25, 0.3) is 5.91 Å². The van der Waals surface area contributed by atoms with Gasteiger partial charge in [0.05, 0.1) is 29.4 Å². The number of sulfonamides is 1. The van der Waals surface area contributed by atoms with Gasteiger partial charge in [-0.2, -0.15) is 4.31 Å². The van der Waals surface area contributed by atoms with Gasteiger partial charge in [0.15, 0.2) is 0 Å². The molecule has 0 aromatic heterocycles. The summed E-state index contributed by atoms with van der Waals surface area (Å²) in [5.74, 6) is -1.26. The minimum Gasteiger partial charge on any atom is -0.379 e. The molecule has 3 rings (SSSR count). The molecule has 1 aliphatic heterocycles. The molecule has 138 valence electrons. The summed E-state index contributed by atoms with van der Waals surface area (Å²) in [4.78, 5) is 12.5. The lowest BCUT2D eigenvalue weighted by atomic mass is 10.2. The number of hydrogen-bond acceptors (Lipinski definition) is 4. The minimum atomic E-state index is -3.85. The number of nitrogens with zero attached hydrogens (tertiary/aromatic N) is 1. The number of amides is 1. The first-order chi connectivity index (χ1) is 12.4. The molecular weight excluding hydrogens is 359 g/mol. The van der Waals surface area contributed by atoms with Gasteiger partial charge in [-0.15, -0.1) is 0 Å². The van der Waals surface area contributed by atoms with E-state index in [-0.39, 0.29) is 29.2 Å². The summed E-state index contributed by atoms with van der Waals surface area (Å²) in [5.41, 5.74) is 0.754. The first-order valence-corrected chi connectivity index (χ1v) is 9.58. The van der Waals surface area contributed by atoms with Crippen LogP contribution >= 0.6 is 0 Å². The maximum atomic E-state index is 13.9. The standard InChI is InChI=1S/C18H19FN2O4S/c1-13-6-7-15(19)16(12-13)20-18(22)14-4-2-3-5-17(14)26(23,24)21-8-10-25-11-9-21/h2-7,12H,8-11H2,1H3,(H,20,22). The Morgan fingerprint density at radius 3 is 2.58 bits per heavy atom. The average Bonchev–Trinajstić information content (AvgIpc) is 2.65. The zero-order chi connectivity index (χ0) is 18.7. The summed E-state index contributed by atoms with van der Waals surface area (Å²) in [6.45, 7) is 2.84. The fourth-order valence-corrected chi connectivity index (χ4v) is 4.33. The largest absolute Gasteiger partial charge is 0.379 e. The second-order valence-corrected chi connectivity index (χ2v) is 7.86. The monoisotopic (exact) mass is 378 g/mol. The summed E-state index contributed by atoms with van der Waals surface area (Å²) in [7, 11) is -3.85. The van der Waals surface area contributed by atoms with Crippen molar-refractivity contribution in [1.82, 2.24) is 4.31 Å². The van der Waals surface area contributed by atoms with E-state index in [9.17, 15) is 17.6 Å². The van der Waals surface area contributed by atoms with Crippen LogP contribution in [0, 0.1) is 12.7 Å². The van der Waals surface area contributed by atoms with Gasteiger partial charge >= 0.3 is 0 Å². The molecule has 6 nitrogen and oxygen atoms in total. The van der Waals surface area contributed by atoms with E-state index in [2.05, 4.69) is 5.32 Å². The van der Waals surface area contributed by atoms with Gasteiger partial charge in [0.2, 0.25) is 10.0 Å². The molecule has 0 aliphatic carbocycles. The molecule has 2 aromatic rings. The topological polar surface area (TPSA) is 75.7 Å². The van der Waals surface area contributed by atoms with Crippen LogP contribution in [-0.2, 0) is 14.8 Å². The second kappa shape index (κ2) is 7.53. The molecule has 0 saturated carbocycles. The number of carbonyl (C=O) groups excluding carboxylic acids is 1. The van der Waals surface area contributed by atoms with Gasteiger partial charge in [-0.25, -0.2) is 12.8 Å². The summed E-state index contributed by atoms with van der Waals surface area (Å²) >= 11 is 0. The van der Waals surface area contributed by atoms with Crippen molar-refractivity contribution in [2.45, 2.75) is 11.8 Å². The number of hydrogen-bond donors (Lipinski definition) is 1. The molecule has 1 heterocycles. The van der Waals surface area contributed by atoms with E-state index in [0.717, 1.165) is 5.56 Å². The Labute approximate surface area is 151 Å². The summed E-state index contributed by atoms with van der Waals surface area (Å²) in [6.07, 6.45) is 0. The van der Waals surface area contributed by atoms with Crippen molar-refractivity contribution in [3.8, 4) is 0 Å². The molecule has 1 saturated heterocycles. The van der Waals surface area contributed by atoms with E-state index in [1.54, 1.807) is 25.1 Å². The van der Waals surface area contributed by atoms with Crippen LogP contribution in [0.1, 0.15) is 15.9 Å². The highest BCUT2D eigenvalue weighted by atomic mass is 32.2. The van der Waals surface area contributed by atoms with Crippen LogP contribution in [0.5, 0.6) is 0 Å². The zero-order valence-electron chi connectivity index (χ0n) is 14.2. The first-order valence-electron chi connectivity index (χ1n) is 8.14. The fourth-order valence-electron chi connectivity index (χ4n) is 2.73. The number of benzene rings is 2. The molecule has 1 fully saturated rings. The van der Waals surface area contributed by atoms with Gasteiger partial charge < -0.3 is 10.1 Å². The number of anilines is 1.